The maximum absolute atomic E-state index is 12.6. The van der Waals surface area contributed by atoms with E-state index >= 15 is 0 Å². The number of rotatable bonds is 7. The summed E-state index contributed by atoms with van der Waals surface area (Å²) in [5.41, 5.74) is 0. The highest BCUT2D eigenvalue weighted by atomic mass is 32.2. The van der Waals surface area contributed by atoms with Gasteiger partial charge in [0.1, 0.15) is 12.1 Å². The number of hydrogen-bond donors (Lipinski definition) is 1. The van der Waals surface area contributed by atoms with Gasteiger partial charge in [-0.15, -0.1) is 0 Å². The van der Waals surface area contributed by atoms with Gasteiger partial charge in [-0.1, -0.05) is 27.2 Å². The molecule has 20 heavy (non-hydrogen) atoms. The molecule has 1 saturated heterocycles. The number of amides is 2. The minimum absolute atomic E-state index is 0.00712. The second-order valence-electron chi connectivity index (χ2n) is 5.46. The minimum atomic E-state index is -0.861. The fourth-order valence-corrected chi connectivity index (χ4v) is 3.05. The van der Waals surface area contributed by atoms with Crippen LogP contribution in [0.15, 0.2) is 0 Å². The van der Waals surface area contributed by atoms with Crippen molar-refractivity contribution >= 4 is 22.6 Å². The molecule has 0 aromatic heterocycles. The molecule has 5 nitrogen and oxygen atoms in total. The fraction of sp³-hybridized carbons (Fsp3) is 0.857. The van der Waals surface area contributed by atoms with Gasteiger partial charge in [0.15, 0.2) is 0 Å². The van der Waals surface area contributed by atoms with Crippen molar-refractivity contribution in [3.8, 4) is 0 Å². The summed E-state index contributed by atoms with van der Waals surface area (Å²) in [6.07, 6.45) is 3.79. The van der Waals surface area contributed by atoms with Gasteiger partial charge in [0.25, 0.3) is 0 Å². The smallest absolute Gasteiger partial charge is 0.246 e. The van der Waals surface area contributed by atoms with Crippen molar-refractivity contribution in [2.45, 2.75) is 52.1 Å². The Morgan fingerprint density at radius 1 is 1.35 bits per heavy atom. The SMILES string of the molecule is CCC(C)C1NC(=O)C(CC)N(CCCS(C)=O)C1=O. The summed E-state index contributed by atoms with van der Waals surface area (Å²) in [4.78, 5) is 26.4. The highest BCUT2D eigenvalue weighted by Crippen LogP contribution is 2.19. The Bertz CT molecular complexity index is 387. The van der Waals surface area contributed by atoms with E-state index in [0.29, 0.717) is 25.1 Å². The molecule has 4 atom stereocenters. The summed E-state index contributed by atoms with van der Waals surface area (Å²) in [7, 11) is -0.861. The van der Waals surface area contributed by atoms with Gasteiger partial charge in [-0.2, -0.15) is 0 Å². The lowest BCUT2D eigenvalue weighted by molar-refractivity contribution is -0.151. The molecule has 1 aliphatic heterocycles. The van der Waals surface area contributed by atoms with Gasteiger partial charge >= 0.3 is 0 Å². The van der Waals surface area contributed by atoms with Gasteiger partial charge in [-0.25, -0.2) is 0 Å². The van der Waals surface area contributed by atoms with E-state index in [2.05, 4.69) is 5.32 Å². The Hall–Kier alpha value is -0.910. The Morgan fingerprint density at radius 3 is 2.50 bits per heavy atom. The van der Waals surface area contributed by atoms with Crippen molar-refractivity contribution in [2.75, 3.05) is 18.6 Å². The number of piperazine rings is 1. The fourth-order valence-electron chi connectivity index (χ4n) is 2.52. The van der Waals surface area contributed by atoms with E-state index in [-0.39, 0.29) is 23.8 Å². The van der Waals surface area contributed by atoms with Crippen molar-refractivity contribution in [1.82, 2.24) is 10.2 Å². The number of nitrogens with zero attached hydrogens (tertiary/aromatic N) is 1. The molecule has 1 N–H and O–H groups in total. The molecule has 0 saturated carbocycles. The molecule has 2 amide bonds. The van der Waals surface area contributed by atoms with Gasteiger partial charge in [0, 0.05) is 29.4 Å². The third-order valence-electron chi connectivity index (χ3n) is 3.96. The first kappa shape index (κ1) is 17.1. The van der Waals surface area contributed by atoms with Crippen LogP contribution in [0.3, 0.4) is 0 Å². The molecule has 0 spiro atoms. The summed E-state index contributed by atoms with van der Waals surface area (Å²) < 4.78 is 11.1. The first-order chi connectivity index (χ1) is 9.42. The van der Waals surface area contributed by atoms with Crippen LogP contribution in [-0.2, 0) is 20.4 Å². The molecule has 1 heterocycles. The van der Waals surface area contributed by atoms with Crippen LogP contribution >= 0.6 is 0 Å². The van der Waals surface area contributed by atoms with Crippen molar-refractivity contribution in [1.29, 1.82) is 0 Å². The summed E-state index contributed by atoms with van der Waals surface area (Å²) >= 11 is 0. The monoisotopic (exact) mass is 302 g/mol. The highest BCUT2D eigenvalue weighted by Gasteiger charge is 2.40. The summed E-state index contributed by atoms with van der Waals surface area (Å²) in [6, 6.07) is -0.796. The first-order valence-electron chi connectivity index (χ1n) is 7.33. The van der Waals surface area contributed by atoms with Crippen LogP contribution in [-0.4, -0.2) is 51.6 Å². The Labute approximate surface area is 123 Å². The van der Waals surface area contributed by atoms with E-state index < -0.39 is 16.8 Å². The van der Waals surface area contributed by atoms with Crippen molar-refractivity contribution in [2.24, 2.45) is 5.92 Å². The van der Waals surface area contributed by atoms with Gasteiger partial charge in [-0.3, -0.25) is 13.8 Å². The zero-order valence-electron chi connectivity index (χ0n) is 12.8. The third kappa shape index (κ3) is 4.04. The van der Waals surface area contributed by atoms with Gasteiger partial charge < -0.3 is 10.2 Å². The molecule has 6 heteroatoms. The van der Waals surface area contributed by atoms with E-state index in [1.54, 1.807) is 11.2 Å². The Kier molecular flexibility index (Phi) is 6.65. The highest BCUT2D eigenvalue weighted by molar-refractivity contribution is 7.84. The quantitative estimate of drug-likeness (QED) is 0.760. The predicted octanol–water partition coefficient (Wildman–Crippen LogP) is 0.907. The van der Waals surface area contributed by atoms with Gasteiger partial charge in [0.2, 0.25) is 11.8 Å². The molecular weight excluding hydrogens is 276 g/mol. The molecule has 4 unspecified atom stereocenters. The van der Waals surface area contributed by atoms with E-state index in [4.69, 9.17) is 0 Å². The van der Waals surface area contributed by atoms with Crippen LogP contribution in [0.2, 0.25) is 0 Å². The zero-order valence-corrected chi connectivity index (χ0v) is 13.7. The lowest BCUT2D eigenvalue weighted by Crippen LogP contribution is -2.64. The predicted molar refractivity (Wildman–Crippen MR) is 80.7 cm³/mol. The Morgan fingerprint density at radius 2 is 2.00 bits per heavy atom. The minimum Gasteiger partial charge on any atom is -0.342 e. The van der Waals surface area contributed by atoms with Crippen LogP contribution in [0.5, 0.6) is 0 Å². The number of carbonyl (C=O) groups excluding carboxylic acids is 2. The third-order valence-corrected chi connectivity index (χ3v) is 4.82. The van der Waals surface area contributed by atoms with E-state index in [1.165, 1.54) is 0 Å². The first-order valence-corrected chi connectivity index (χ1v) is 9.05. The van der Waals surface area contributed by atoms with E-state index in [1.807, 2.05) is 20.8 Å². The molecule has 0 aliphatic carbocycles. The zero-order chi connectivity index (χ0) is 15.3. The number of carbonyl (C=O) groups is 2. The topological polar surface area (TPSA) is 66.5 Å². The van der Waals surface area contributed by atoms with E-state index in [0.717, 1.165) is 6.42 Å². The van der Waals surface area contributed by atoms with Crippen molar-refractivity contribution in [3.63, 3.8) is 0 Å². The number of nitrogens with one attached hydrogen (secondary N) is 1. The Balaban J connectivity index is 2.80. The normalized spacial score (nSPS) is 26.3. The molecular formula is C14H26N2O3S. The molecule has 1 rings (SSSR count). The van der Waals surface area contributed by atoms with Crippen molar-refractivity contribution < 1.29 is 13.8 Å². The lowest BCUT2D eigenvalue weighted by atomic mass is 9.93. The largest absolute Gasteiger partial charge is 0.342 e. The van der Waals surface area contributed by atoms with Crippen molar-refractivity contribution in [3.05, 3.63) is 0 Å². The van der Waals surface area contributed by atoms with Gasteiger partial charge in [-0.05, 0) is 18.8 Å². The van der Waals surface area contributed by atoms with E-state index in [9.17, 15) is 13.8 Å². The lowest BCUT2D eigenvalue weighted by Gasteiger charge is -2.40. The second-order valence-corrected chi connectivity index (χ2v) is 7.01. The molecule has 1 fully saturated rings. The average Bonchev–Trinajstić information content (AvgIpc) is 2.41. The number of hydrogen-bond acceptors (Lipinski definition) is 3. The molecule has 0 radical (unpaired) electrons. The van der Waals surface area contributed by atoms with Crippen LogP contribution in [0.4, 0.5) is 0 Å². The molecule has 1 aliphatic rings. The van der Waals surface area contributed by atoms with Crippen LogP contribution < -0.4 is 5.32 Å². The standard InChI is InChI=1S/C14H26N2O3S/c1-5-10(3)12-14(18)16(8-7-9-20(4)19)11(6-2)13(17)15-12/h10-12H,5-9H2,1-4H3,(H,15,17). The summed E-state index contributed by atoms with van der Waals surface area (Å²) in [5, 5.41) is 2.86. The summed E-state index contributed by atoms with van der Waals surface area (Å²) in [6.45, 7) is 6.42. The van der Waals surface area contributed by atoms with Crippen LogP contribution in [0.1, 0.15) is 40.0 Å². The van der Waals surface area contributed by atoms with Crippen LogP contribution in [0.25, 0.3) is 0 Å². The second kappa shape index (κ2) is 7.76. The molecule has 0 aromatic rings. The van der Waals surface area contributed by atoms with Crippen LogP contribution in [0, 0.1) is 5.92 Å². The summed E-state index contributed by atoms with van der Waals surface area (Å²) in [5.74, 6) is 0.644. The maximum Gasteiger partial charge on any atom is 0.246 e. The molecule has 0 aromatic carbocycles. The average molecular weight is 302 g/mol. The molecule has 116 valence electrons. The molecule has 0 bridgehead atoms. The maximum atomic E-state index is 12.6. The van der Waals surface area contributed by atoms with Gasteiger partial charge in [0.05, 0.1) is 0 Å².